The van der Waals surface area contributed by atoms with Crippen LogP contribution in [0.4, 0.5) is 4.39 Å². The zero-order valence-corrected chi connectivity index (χ0v) is 15.4. The van der Waals surface area contributed by atoms with E-state index < -0.39 is 6.04 Å². The minimum absolute atomic E-state index is 0.186. The normalized spacial score (nSPS) is 11.9. The van der Waals surface area contributed by atoms with Gasteiger partial charge in [0.15, 0.2) is 0 Å². The molecule has 0 fully saturated rings. The van der Waals surface area contributed by atoms with Gasteiger partial charge in [0.05, 0.1) is 12.1 Å². The molecular formula is C19H16FN7O2. The highest BCUT2D eigenvalue weighted by Gasteiger charge is 2.17. The summed E-state index contributed by atoms with van der Waals surface area (Å²) in [5.74, 6) is 0.0734. The van der Waals surface area contributed by atoms with Crippen LogP contribution in [0.2, 0.25) is 0 Å². The van der Waals surface area contributed by atoms with E-state index in [1.165, 1.54) is 23.1 Å². The Morgan fingerprint density at radius 1 is 1.17 bits per heavy atom. The van der Waals surface area contributed by atoms with Gasteiger partial charge in [-0.25, -0.2) is 9.07 Å². The molecule has 0 aliphatic rings. The van der Waals surface area contributed by atoms with Crippen molar-refractivity contribution in [3.8, 4) is 17.1 Å². The van der Waals surface area contributed by atoms with Crippen molar-refractivity contribution in [3.63, 3.8) is 0 Å². The number of nitrogens with zero attached hydrogens (tertiary/aromatic N) is 6. The lowest BCUT2D eigenvalue weighted by Crippen LogP contribution is -2.28. The molecule has 0 aliphatic carbocycles. The first-order valence-electron chi connectivity index (χ1n) is 8.80. The quantitative estimate of drug-likeness (QED) is 0.535. The largest absolute Gasteiger partial charge is 0.344 e. The average molecular weight is 393 g/mol. The molecule has 1 atom stereocenters. The van der Waals surface area contributed by atoms with Crippen LogP contribution in [-0.4, -0.2) is 36.3 Å². The molecule has 146 valence electrons. The predicted octanol–water partition coefficient (Wildman–Crippen LogP) is 2.27. The van der Waals surface area contributed by atoms with Gasteiger partial charge < -0.3 is 9.84 Å². The number of tetrazole rings is 1. The molecule has 0 saturated carbocycles. The van der Waals surface area contributed by atoms with E-state index in [1.54, 1.807) is 19.1 Å². The molecule has 1 N–H and O–H groups in total. The Morgan fingerprint density at radius 2 is 1.93 bits per heavy atom. The van der Waals surface area contributed by atoms with Crippen molar-refractivity contribution in [1.29, 1.82) is 0 Å². The van der Waals surface area contributed by atoms with E-state index in [0.717, 1.165) is 11.3 Å². The third-order valence-electron chi connectivity index (χ3n) is 4.21. The molecule has 10 heteroatoms. The molecule has 29 heavy (non-hydrogen) atoms. The summed E-state index contributed by atoms with van der Waals surface area (Å²) in [5, 5.41) is 17.7. The fourth-order valence-corrected chi connectivity index (χ4v) is 2.71. The lowest BCUT2D eigenvalue weighted by atomic mass is 10.1. The van der Waals surface area contributed by atoms with E-state index >= 15 is 0 Å². The number of carbonyl (C=O) groups is 1. The first-order valence-corrected chi connectivity index (χ1v) is 8.80. The van der Waals surface area contributed by atoms with E-state index in [2.05, 4.69) is 31.0 Å². The van der Waals surface area contributed by atoms with Gasteiger partial charge in [-0.05, 0) is 59.3 Å². The molecule has 4 rings (SSSR count). The maximum absolute atomic E-state index is 13.0. The number of halogens is 1. The van der Waals surface area contributed by atoms with Gasteiger partial charge in [0.2, 0.25) is 17.6 Å². The number of benzene rings is 2. The third-order valence-corrected chi connectivity index (χ3v) is 4.21. The predicted molar refractivity (Wildman–Crippen MR) is 99.1 cm³/mol. The molecule has 1 unspecified atom stereocenters. The summed E-state index contributed by atoms with van der Waals surface area (Å²) in [6.07, 6.45) is 1.69. The Kier molecular flexibility index (Phi) is 5.06. The second kappa shape index (κ2) is 7.97. The molecule has 0 spiro atoms. The monoisotopic (exact) mass is 393 g/mol. The van der Waals surface area contributed by atoms with Crippen molar-refractivity contribution in [2.45, 2.75) is 19.4 Å². The second-order valence-electron chi connectivity index (χ2n) is 6.35. The van der Waals surface area contributed by atoms with E-state index in [9.17, 15) is 9.18 Å². The zero-order valence-electron chi connectivity index (χ0n) is 15.4. The fraction of sp³-hybridized carbons (Fsp3) is 0.158. The smallest absolute Gasteiger partial charge is 0.249 e. The van der Waals surface area contributed by atoms with Crippen LogP contribution in [0.15, 0.2) is 59.4 Å². The number of nitrogens with one attached hydrogen (secondary N) is 1. The van der Waals surface area contributed by atoms with Crippen molar-refractivity contribution in [1.82, 2.24) is 35.7 Å². The van der Waals surface area contributed by atoms with Crippen LogP contribution in [0.3, 0.4) is 0 Å². The van der Waals surface area contributed by atoms with Crippen LogP contribution in [0, 0.1) is 5.82 Å². The molecule has 2 heterocycles. The first kappa shape index (κ1) is 18.4. The van der Waals surface area contributed by atoms with Crippen molar-refractivity contribution >= 4 is 5.91 Å². The summed E-state index contributed by atoms with van der Waals surface area (Å²) >= 11 is 0. The molecule has 4 aromatic rings. The fourth-order valence-electron chi connectivity index (χ4n) is 2.71. The van der Waals surface area contributed by atoms with Crippen molar-refractivity contribution in [3.05, 3.63) is 72.1 Å². The van der Waals surface area contributed by atoms with E-state index in [0.29, 0.717) is 11.4 Å². The molecule has 2 aromatic carbocycles. The molecular weight excluding hydrogens is 377 g/mol. The molecule has 9 nitrogen and oxygen atoms in total. The Morgan fingerprint density at radius 3 is 2.62 bits per heavy atom. The van der Waals surface area contributed by atoms with E-state index in [1.807, 2.05) is 24.3 Å². The maximum Gasteiger partial charge on any atom is 0.249 e. The van der Waals surface area contributed by atoms with Gasteiger partial charge in [-0.3, -0.25) is 4.79 Å². The lowest BCUT2D eigenvalue weighted by molar-refractivity contribution is -0.121. The summed E-state index contributed by atoms with van der Waals surface area (Å²) in [5.41, 5.74) is 2.26. The Bertz CT molecular complexity index is 1090. The lowest BCUT2D eigenvalue weighted by Gasteiger charge is -2.10. The Labute approximate surface area is 164 Å². The number of aromatic nitrogens is 6. The van der Waals surface area contributed by atoms with Crippen LogP contribution in [-0.2, 0) is 11.2 Å². The zero-order chi connectivity index (χ0) is 20.2. The van der Waals surface area contributed by atoms with Gasteiger partial charge in [-0.15, -0.1) is 5.10 Å². The minimum atomic E-state index is -0.468. The van der Waals surface area contributed by atoms with Crippen LogP contribution in [0.25, 0.3) is 17.1 Å². The number of hydrogen-bond donors (Lipinski definition) is 1. The van der Waals surface area contributed by atoms with Gasteiger partial charge in [0.1, 0.15) is 18.2 Å². The Balaban J connectivity index is 1.36. The summed E-state index contributed by atoms with van der Waals surface area (Å²) in [4.78, 5) is 16.6. The first-order chi connectivity index (χ1) is 14.1. The minimum Gasteiger partial charge on any atom is -0.344 e. The van der Waals surface area contributed by atoms with Gasteiger partial charge >= 0.3 is 0 Å². The molecule has 0 aliphatic heterocycles. The summed E-state index contributed by atoms with van der Waals surface area (Å²) < 4.78 is 19.8. The van der Waals surface area contributed by atoms with Crippen molar-refractivity contribution < 1.29 is 13.7 Å². The van der Waals surface area contributed by atoms with Crippen molar-refractivity contribution in [2.24, 2.45) is 0 Å². The summed E-state index contributed by atoms with van der Waals surface area (Å²) in [6, 6.07) is 12.6. The highest BCUT2D eigenvalue weighted by atomic mass is 19.1. The number of amides is 1. The molecule has 0 saturated heterocycles. The van der Waals surface area contributed by atoms with E-state index in [4.69, 9.17) is 4.52 Å². The molecule has 1 amide bonds. The van der Waals surface area contributed by atoms with Crippen molar-refractivity contribution in [2.75, 3.05) is 0 Å². The van der Waals surface area contributed by atoms with Crippen LogP contribution >= 0.6 is 0 Å². The summed E-state index contributed by atoms with van der Waals surface area (Å²) in [7, 11) is 0. The van der Waals surface area contributed by atoms with Gasteiger partial charge in [0, 0.05) is 5.56 Å². The highest BCUT2D eigenvalue weighted by Crippen LogP contribution is 2.19. The number of rotatable bonds is 6. The van der Waals surface area contributed by atoms with Crippen LogP contribution in [0.1, 0.15) is 24.4 Å². The molecule has 0 radical (unpaired) electrons. The summed E-state index contributed by atoms with van der Waals surface area (Å²) in [6.45, 7) is 1.75. The topological polar surface area (TPSA) is 112 Å². The SMILES string of the molecule is CC(NC(=O)Cc1ccc(-n2cnnn2)cc1)c1nc(-c2ccc(F)cc2)no1. The third kappa shape index (κ3) is 4.32. The second-order valence-corrected chi connectivity index (χ2v) is 6.35. The molecule has 2 aromatic heterocycles. The average Bonchev–Trinajstić information content (AvgIpc) is 3.41. The van der Waals surface area contributed by atoms with Gasteiger partial charge in [-0.1, -0.05) is 17.3 Å². The van der Waals surface area contributed by atoms with Gasteiger partial charge in [-0.2, -0.15) is 4.98 Å². The van der Waals surface area contributed by atoms with Crippen LogP contribution < -0.4 is 5.32 Å². The maximum atomic E-state index is 13.0. The Hall–Kier alpha value is -3.95. The molecule has 0 bridgehead atoms. The standard InChI is InChI=1S/C19H16FN7O2/c1-12(19-23-18(24-29-19)14-4-6-15(20)7-5-14)22-17(28)10-13-2-8-16(9-3-13)27-11-21-25-26-27/h2-9,11-12H,10H2,1H3,(H,22,28). The van der Waals surface area contributed by atoms with Gasteiger partial charge in [0.25, 0.3) is 0 Å². The number of hydrogen-bond acceptors (Lipinski definition) is 7. The van der Waals surface area contributed by atoms with E-state index in [-0.39, 0.29) is 24.0 Å². The number of carbonyl (C=O) groups excluding carboxylic acids is 1. The highest BCUT2D eigenvalue weighted by molar-refractivity contribution is 5.79. The van der Waals surface area contributed by atoms with Crippen LogP contribution in [0.5, 0.6) is 0 Å².